The number of hydrogen-bond donors (Lipinski definition) is 0. The van der Waals surface area contributed by atoms with E-state index in [4.69, 9.17) is 14.2 Å². The maximum atomic E-state index is 12.8. The van der Waals surface area contributed by atoms with Gasteiger partial charge in [0, 0.05) is 19.3 Å². The number of esters is 3. The second kappa shape index (κ2) is 60.1. The van der Waals surface area contributed by atoms with E-state index in [0.29, 0.717) is 19.3 Å². The molecule has 0 aromatic carbocycles. The molecule has 0 rings (SSSR count). The van der Waals surface area contributed by atoms with Gasteiger partial charge in [0.25, 0.3) is 0 Å². The molecule has 1 unspecified atom stereocenters. The zero-order valence-electron chi connectivity index (χ0n) is 47.4. The molecule has 0 bridgehead atoms. The fourth-order valence-electron chi connectivity index (χ4n) is 8.56. The van der Waals surface area contributed by atoms with Gasteiger partial charge in [-0.1, -0.05) is 266 Å². The van der Waals surface area contributed by atoms with E-state index in [2.05, 4.69) is 106 Å². The molecule has 0 spiro atoms. The fourth-order valence-corrected chi connectivity index (χ4v) is 8.56. The van der Waals surface area contributed by atoms with Gasteiger partial charge < -0.3 is 14.2 Å². The Bertz CT molecular complexity index is 1380. The number of hydrogen-bond acceptors (Lipinski definition) is 6. The van der Waals surface area contributed by atoms with Crippen molar-refractivity contribution in [1.82, 2.24) is 0 Å². The number of allylic oxidation sites excluding steroid dienone is 14. The van der Waals surface area contributed by atoms with Crippen molar-refractivity contribution in [2.24, 2.45) is 0 Å². The first-order valence-electron chi connectivity index (χ1n) is 30.6. The zero-order valence-corrected chi connectivity index (χ0v) is 47.4. The van der Waals surface area contributed by atoms with Crippen LogP contribution in [0.4, 0.5) is 0 Å². The third-order valence-electron chi connectivity index (χ3n) is 13.1. The second-order valence-corrected chi connectivity index (χ2v) is 20.2. The van der Waals surface area contributed by atoms with Gasteiger partial charge in [-0.3, -0.25) is 14.4 Å². The van der Waals surface area contributed by atoms with Crippen LogP contribution in [0.25, 0.3) is 0 Å². The van der Waals surface area contributed by atoms with Gasteiger partial charge in [0.15, 0.2) is 6.10 Å². The quantitative estimate of drug-likeness (QED) is 0.0261. The Morgan fingerprint density at radius 1 is 0.292 bits per heavy atom. The van der Waals surface area contributed by atoms with E-state index in [1.54, 1.807) is 0 Å². The van der Waals surface area contributed by atoms with Crippen molar-refractivity contribution < 1.29 is 28.6 Å². The molecule has 0 aliphatic heterocycles. The summed E-state index contributed by atoms with van der Waals surface area (Å²) in [6.45, 7) is 6.51. The molecule has 0 N–H and O–H groups in total. The highest BCUT2D eigenvalue weighted by Crippen LogP contribution is 2.16. The fraction of sp³-hybridized carbons (Fsp3) is 0.742. The molecule has 0 aromatic heterocycles. The van der Waals surface area contributed by atoms with Gasteiger partial charge in [-0.05, 0) is 96.3 Å². The Balaban J connectivity index is 4.22. The van der Waals surface area contributed by atoms with Crippen molar-refractivity contribution in [2.75, 3.05) is 13.2 Å². The Morgan fingerprint density at radius 3 is 0.889 bits per heavy atom. The summed E-state index contributed by atoms with van der Waals surface area (Å²) in [6, 6.07) is 0. The minimum absolute atomic E-state index is 0.0785. The molecule has 1 atom stereocenters. The third kappa shape index (κ3) is 57.5. The Morgan fingerprint density at radius 2 is 0.542 bits per heavy atom. The molecule has 0 aliphatic rings. The minimum atomic E-state index is -0.779. The smallest absolute Gasteiger partial charge is 0.306 e. The van der Waals surface area contributed by atoms with E-state index in [1.165, 1.54) is 154 Å². The van der Waals surface area contributed by atoms with Crippen LogP contribution in [0.5, 0.6) is 0 Å². The molecule has 6 nitrogen and oxygen atoms in total. The summed E-state index contributed by atoms with van der Waals surface area (Å²) >= 11 is 0. The number of carbonyl (C=O) groups is 3. The first-order chi connectivity index (χ1) is 35.5. The van der Waals surface area contributed by atoms with Crippen molar-refractivity contribution in [2.45, 2.75) is 303 Å². The van der Waals surface area contributed by atoms with E-state index < -0.39 is 6.10 Å². The lowest BCUT2D eigenvalue weighted by Gasteiger charge is -2.18. The van der Waals surface area contributed by atoms with Crippen LogP contribution in [0.1, 0.15) is 297 Å². The standard InChI is InChI=1S/C66H114O6/c1-4-7-10-13-16-19-22-25-26-27-28-29-30-31-32-33-34-35-36-37-38-39-40-42-44-47-50-53-56-59-65(68)71-62-63(61-70-64(67)58-55-52-49-46-43-24-21-18-15-12-9-6-3)72-66(69)60-57-54-51-48-45-41-23-20-17-14-11-8-5-2/h7,10,16,18-19,21,25-26,28-29,31-32,34-35,63H,4-6,8-9,11-15,17,20,22-24,27,30,33,36-62H2,1-3H3/b10-7-,19-16-,21-18-,26-25-,29-28-,32-31-,35-34-. The Kier molecular flexibility index (Phi) is 57.3. The maximum Gasteiger partial charge on any atom is 0.306 e. The summed E-state index contributed by atoms with van der Waals surface area (Å²) in [5.74, 6) is -0.882. The topological polar surface area (TPSA) is 78.9 Å². The van der Waals surface area contributed by atoms with Crippen LogP contribution in [-0.4, -0.2) is 37.2 Å². The number of carbonyl (C=O) groups excluding carboxylic acids is 3. The first kappa shape index (κ1) is 68.6. The molecule has 0 aliphatic carbocycles. The monoisotopic (exact) mass is 1000 g/mol. The molecule has 6 heteroatoms. The summed E-state index contributed by atoms with van der Waals surface area (Å²) < 4.78 is 16.9. The van der Waals surface area contributed by atoms with E-state index >= 15 is 0 Å². The van der Waals surface area contributed by atoms with Crippen LogP contribution in [-0.2, 0) is 28.6 Å². The lowest BCUT2D eigenvalue weighted by molar-refractivity contribution is -0.167. The maximum absolute atomic E-state index is 12.8. The molecule has 72 heavy (non-hydrogen) atoms. The Hall–Kier alpha value is -3.41. The van der Waals surface area contributed by atoms with Gasteiger partial charge >= 0.3 is 17.9 Å². The molecule has 0 heterocycles. The van der Waals surface area contributed by atoms with Crippen molar-refractivity contribution >= 4 is 17.9 Å². The molecule has 0 amide bonds. The summed E-state index contributed by atoms with van der Waals surface area (Å²) in [7, 11) is 0. The first-order valence-corrected chi connectivity index (χ1v) is 30.6. The molecular formula is C66H114O6. The van der Waals surface area contributed by atoms with Crippen molar-refractivity contribution in [3.8, 4) is 0 Å². The number of rotatable bonds is 55. The van der Waals surface area contributed by atoms with Crippen LogP contribution in [0, 0.1) is 0 Å². The van der Waals surface area contributed by atoms with Crippen LogP contribution in [0.3, 0.4) is 0 Å². The van der Waals surface area contributed by atoms with Crippen molar-refractivity contribution in [3.05, 3.63) is 85.1 Å². The zero-order chi connectivity index (χ0) is 52.2. The van der Waals surface area contributed by atoms with E-state index in [1.807, 2.05) is 0 Å². The highest BCUT2D eigenvalue weighted by Gasteiger charge is 2.19. The van der Waals surface area contributed by atoms with Gasteiger partial charge in [0.05, 0.1) is 0 Å². The second-order valence-electron chi connectivity index (χ2n) is 20.2. The molecule has 0 aromatic rings. The lowest BCUT2D eigenvalue weighted by Crippen LogP contribution is -2.30. The van der Waals surface area contributed by atoms with Gasteiger partial charge in [0.1, 0.15) is 13.2 Å². The lowest BCUT2D eigenvalue weighted by atomic mass is 10.0. The van der Waals surface area contributed by atoms with E-state index in [-0.39, 0.29) is 31.1 Å². The third-order valence-corrected chi connectivity index (χ3v) is 13.1. The summed E-state index contributed by atoms with van der Waals surface area (Å²) in [6.07, 6.45) is 78.7. The molecule has 0 fully saturated rings. The largest absolute Gasteiger partial charge is 0.462 e. The summed E-state index contributed by atoms with van der Waals surface area (Å²) in [4.78, 5) is 38.1. The molecule has 414 valence electrons. The van der Waals surface area contributed by atoms with E-state index in [0.717, 1.165) is 103 Å². The van der Waals surface area contributed by atoms with Gasteiger partial charge in [0.2, 0.25) is 0 Å². The number of ether oxygens (including phenoxy) is 3. The van der Waals surface area contributed by atoms with Crippen LogP contribution >= 0.6 is 0 Å². The summed E-state index contributed by atoms with van der Waals surface area (Å²) in [5, 5.41) is 0. The highest BCUT2D eigenvalue weighted by molar-refractivity contribution is 5.71. The van der Waals surface area contributed by atoms with Gasteiger partial charge in [-0.2, -0.15) is 0 Å². The molecule has 0 saturated heterocycles. The minimum Gasteiger partial charge on any atom is -0.462 e. The van der Waals surface area contributed by atoms with Crippen molar-refractivity contribution in [3.63, 3.8) is 0 Å². The molecule has 0 saturated carbocycles. The van der Waals surface area contributed by atoms with Crippen molar-refractivity contribution in [1.29, 1.82) is 0 Å². The van der Waals surface area contributed by atoms with Crippen LogP contribution in [0.2, 0.25) is 0 Å². The molecule has 0 radical (unpaired) electrons. The average Bonchev–Trinajstić information content (AvgIpc) is 3.38. The Labute approximate surface area is 445 Å². The van der Waals surface area contributed by atoms with Crippen LogP contribution in [0.15, 0.2) is 85.1 Å². The van der Waals surface area contributed by atoms with E-state index in [9.17, 15) is 14.4 Å². The van der Waals surface area contributed by atoms with Gasteiger partial charge in [-0.15, -0.1) is 0 Å². The molecular weight excluding hydrogens is 889 g/mol. The number of unbranched alkanes of at least 4 members (excludes halogenated alkanes) is 30. The van der Waals surface area contributed by atoms with Gasteiger partial charge in [-0.25, -0.2) is 0 Å². The van der Waals surface area contributed by atoms with Crippen LogP contribution < -0.4 is 0 Å². The highest BCUT2D eigenvalue weighted by atomic mass is 16.6. The SMILES string of the molecule is CC/C=C\C/C=C\C/C=C\C/C=C\C/C=C\C/C=C\CCCCCCCCCCCCC(=O)OCC(COC(=O)CCCCCCC/C=C\CCCCC)OC(=O)CCCCCCCCCCCCCCC. The summed E-state index contributed by atoms with van der Waals surface area (Å²) in [5.41, 5.74) is 0. The average molecular weight is 1000 g/mol. The normalized spacial score (nSPS) is 12.7. The predicted molar refractivity (Wildman–Crippen MR) is 311 cm³/mol. The predicted octanol–water partition coefficient (Wildman–Crippen LogP) is 20.7.